The summed E-state index contributed by atoms with van der Waals surface area (Å²) in [6.45, 7) is 2.16. The molecule has 0 aromatic carbocycles. The summed E-state index contributed by atoms with van der Waals surface area (Å²) in [5.74, 6) is -0.701. The highest BCUT2D eigenvalue weighted by Gasteiger charge is 1.97. The fraction of sp³-hybridized carbons (Fsp3) is 0.706. The second-order valence-corrected chi connectivity index (χ2v) is 5.22. The highest BCUT2D eigenvalue weighted by molar-refractivity contribution is 5.66. The molecule has 3 nitrogen and oxygen atoms in total. The molecule has 116 valence electrons. The first kappa shape index (κ1) is 18.9. The molecule has 1 atom stereocenters. The molecule has 0 unspecified atom stereocenters. The number of rotatable bonds is 13. The average Bonchev–Trinajstić information content (AvgIpc) is 2.41. The molecule has 0 saturated heterocycles. The molecular formula is C17H30O3. The molecule has 0 aliphatic carbocycles. The quantitative estimate of drug-likeness (QED) is 0.387. The Morgan fingerprint density at radius 3 is 2.50 bits per heavy atom. The minimum absolute atomic E-state index is 0.286. The number of hydrogen-bond acceptors (Lipinski definition) is 2. The zero-order valence-corrected chi connectivity index (χ0v) is 12.8. The molecule has 0 aliphatic heterocycles. The number of carboxylic acids is 1. The number of allylic oxidation sites excluding steroid dienone is 3. The highest BCUT2D eigenvalue weighted by atomic mass is 16.4. The van der Waals surface area contributed by atoms with E-state index < -0.39 is 5.97 Å². The summed E-state index contributed by atoms with van der Waals surface area (Å²) in [6, 6.07) is 0. The summed E-state index contributed by atoms with van der Waals surface area (Å²) in [4.78, 5) is 10.3. The zero-order chi connectivity index (χ0) is 15.1. The van der Waals surface area contributed by atoms with Gasteiger partial charge in [0.2, 0.25) is 0 Å². The summed E-state index contributed by atoms with van der Waals surface area (Å²) >= 11 is 0. The van der Waals surface area contributed by atoms with E-state index in [1.165, 1.54) is 12.8 Å². The average molecular weight is 282 g/mol. The van der Waals surface area contributed by atoms with E-state index in [9.17, 15) is 9.90 Å². The van der Waals surface area contributed by atoms with Crippen LogP contribution in [0.5, 0.6) is 0 Å². The number of hydrogen-bond donors (Lipinski definition) is 2. The maximum Gasteiger partial charge on any atom is 0.303 e. The normalized spacial score (nSPS) is 13.3. The van der Waals surface area contributed by atoms with Crippen LogP contribution in [0.15, 0.2) is 24.3 Å². The van der Waals surface area contributed by atoms with Crippen LogP contribution in [-0.2, 0) is 4.79 Å². The second kappa shape index (κ2) is 14.3. The topological polar surface area (TPSA) is 57.5 Å². The Bertz CT molecular complexity index is 282. The van der Waals surface area contributed by atoms with Crippen molar-refractivity contribution in [2.24, 2.45) is 0 Å². The van der Waals surface area contributed by atoms with Crippen LogP contribution in [0, 0.1) is 0 Å². The van der Waals surface area contributed by atoms with Gasteiger partial charge in [-0.25, -0.2) is 0 Å². The van der Waals surface area contributed by atoms with E-state index in [2.05, 4.69) is 13.0 Å². The Balaban J connectivity index is 3.40. The fourth-order valence-corrected chi connectivity index (χ4v) is 1.96. The van der Waals surface area contributed by atoms with Crippen molar-refractivity contribution in [1.29, 1.82) is 0 Å². The molecule has 0 amide bonds. The number of aliphatic carboxylic acids is 1. The predicted molar refractivity (Wildman–Crippen MR) is 83.8 cm³/mol. The predicted octanol–water partition coefficient (Wildman–Crippen LogP) is 4.47. The van der Waals surface area contributed by atoms with Gasteiger partial charge in [-0.3, -0.25) is 4.79 Å². The van der Waals surface area contributed by atoms with Crippen molar-refractivity contribution in [2.75, 3.05) is 0 Å². The van der Waals surface area contributed by atoms with Gasteiger partial charge in [-0.1, -0.05) is 63.3 Å². The summed E-state index contributed by atoms with van der Waals surface area (Å²) in [7, 11) is 0. The zero-order valence-electron chi connectivity index (χ0n) is 12.8. The number of aliphatic hydroxyl groups excluding tert-OH is 1. The van der Waals surface area contributed by atoms with Crippen molar-refractivity contribution in [1.82, 2.24) is 0 Å². The minimum Gasteiger partial charge on any atom is -0.481 e. The van der Waals surface area contributed by atoms with Crippen LogP contribution in [0.2, 0.25) is 0 Å². The van der Waals surface area contributed by atoms with Gasteiger partial charge in [-0.2, -0.15) is 0 Å². The maximum atomic E-state index is 10.3. The van der Waals surface area contributed by atoms with Gasteiger partial charge < -0.3 is 10.2 Å². The van der Waals surface area contributed by atoms with Crippen LogP contribution in [0.25, 0.3) is 0 Å². The molecule has 0 aliphatic rings. The number of aliphatic hydroxyl groups is 1. The molecule has 2 N–H and O–H groups in total. The Hall–Kier alpha value is -1.09. The van der Waals surface area contributed by atoms with Crippen LogP contribution < -0.4 is 0 Å². The van der Waals surface area contributed by atoms with Gasteiger partial charge in [0.15, 0.2) is 0 Å². The minimum atomic E-state index is -0.701. The molecule has 0 saturated carbocycles. The molecule has 0 radical (unpaired) electrons. The van der Waals surface area contributed by atoms with E-state index in [0.717, 1.165) is 44.9 Å². The van der Waals surface area contributed by atoms with Crippen molar-refractivity contribution in [2.45, 2.75) is 77.2 Å². The van der Waals surface area contributed by atoms with Crippen molar-refractivity contribution in [3.8, 4) is 0 Å². The molecule has 0 bridgehead atoms. The summed E-state index contributed by atoms with van der Waals surface area (Å²) < 4.78 is 0. The lowest BCUT2D eigenvalue weighted by molar-refractivity contribution is -0.137. The molecule has 0 fully saturated rings. The first-order chi connectivity index (χ1) is 9.66. The lowest BCUT2D eigenvalue weighted by Gasteiger charge is -2.03. The Morgan fingerprint density at radius 2 is 1.80 bits per heavy atom. The maximum absolute atomic E-state index is 10.3. The Kier molecular flexibility index (Phi) is 13.5. The molecule has 20 heavy (non-hydrogen) atoms. The Morgan fingerprint density at radius 1 is 1.05 bits per heavy atom. The summed E-state index contributed by atoms with van der Waals surface area (Å²) in [6.07, 6.45) is 17.1. The third-order valence-corrected chi connectivity index (χ3v) is 3.20. The third kappa shape index (κ3) is 15.0. The van der Waals surface area contributed by atoms with E-state index in [4.69, 9.17) is 5.11 Å². The fourth-order valence-electron chi connectivity index (χ4n) is 1.96. The van der Waals surface area contributed by atoms with Crippen LogP contribution in [0.4, 0.5) is 0 Å². The standard InChI is InChI=1S/C17H30O3/c1-2-3-10-13-16(18)14-11-8-6-4-5-7-9-12-15-17(19)20/h6,8,11,14,16,18H,2-5,7,9-10,12-13,15H2,1H3,(H,19,20)/b8-6+,14-11+/t16-/m0/s1. The lowest BCUT2D eigenvalue weighted by Crippen LogP contribution is -2.00. The molecule has 3 heteroatoms. The van der Waals surface area contributed by atoms with Gasteiger partial charge in [0.1, 0.15) is 0 Å². The monoisotopic (exact) mass is 282 g/mol. The van der Waals surface area contributed by atoms with Gasteiger partial charge in [0.25, 0.3) is 0 Å². The summed E-state index contributed by atoms with van der Waals surface area (Å²) in [5, 5.41) is 18.1. The van der Waals surface area contributed by atoms with Crippen LogP contribution >= 0.6 is 0 Å². The van der Waals surface area contributed by atoms with Crippen molar-refractivity contribution in [3.63, 3.8) is 0 Å². The molecule has 0 spiro atoms. The van der Waals surface area contributed by atoms with Crippen molar-refractivity contribution in [3.05, 3.63) is 24.3 Å². The molecular weight excluding hydrogens is 252 g/mol. The van der Waals surface area contributed by atoms with Gasteiger partial charge in [-0.15, -0.1) is 0 Å². The van der Waals surface area contributed by atoms with E-state index in [0.29, 0.717) is 0 Å². The van der Waals surface area contributed by atoms with Crippen LogP contribution in [0.1, 0.15) is 71.1 Å². The van der Waals surface area contributed by atoms with Gasteiger partial charge in [0.05, 0.1) is 6.10 Å². The van der Waals surface area contributed by atoms with E-state index in [-0.39, 0.29) is 12.5 Å². The van der Waals surface area contributed by atoms with Gasteiger partial charge in [-0.05, 0) is 25.7 Å². The smallest absolute Gasteiger partial charge is 0.303 e. The van der Waals surface area contributed by atoms with Crippen molar-refractivity contribution >= 4 is 5.97 Å². The van der Waals surface area contributed by atoms with E-state index in [1.54, 1.807) is 0 Å². The number of carbonyl (C=O) groups is 1. The first-order valence-electron chi connectivity index (χ1n) is 7.90. The molecule has 0 aromatic rings. The van der Waals surface area contributed by atoms with E-state index in [1.807, 2.05) is 18.2 Å². The molecule has 0 heterocycles. The lowest BCUT2D eigenvalue weighted by atomic mass is 10.1. The van der Waals surface area contributed by atoms with Gasteiger partial charge >= 0.3 is 5.97 Å². The van der Waals surface area contributed by atoms with Gasteiger partial charge in [0, 0.05) is 6.42 Å². The largest absolute Gasteiger partial charge is 0.481 e. The number of carboxylic acid groups (broad SMARTS) is 1. The third-order valence-electron chi connectivity index (χ3n) is 3.20. The number of unbranched alkanes of at least 4 members (excludes halogenated alkanes) is 6. The SMILES string of the molecule is CCCCC[C@H](O)/C=C/C=C/CCCCCCC(=O)O. The Labute approximate surface area is 123 Å². The van der Waals surface area contributed by atoms with E-state index >= 15 is 0 Å². The molecule has 0 aromatic heterocycles. The van der Waals surface area contributed by atoms with Crippen LogP contribution in [-0.4, -0.2) is 22.3 Å². The second-order valence-electron chi connectivity index (χ2n) is 5.22. The van der Waals surface area contributed by atoms with Crippen molar-refractivity contribution < 1.29 is 15.0 Å². The summed E-state index contributed by atoms with van der Waals surface area (Å²) in [5.41, 5.74) is 0. The van der Waals surface area contributed by atoms with Crippen LogP contribution in [0.3, 0.4) is 0 Å². The highest BCUT2D eigenvalue weighted by Crippen LogP contribution is 2.06. The first-order valence-corrected chi connectivity index (χ1v) is 7.90. The molecule has 0 rings (SSSR count).